The third-order valence-electron chi connectivity index (χ3n) is 10.9. The first-order chi connectivity index (χ1) is 27.6. The number of methoxy groups -OCH3 is 1. The van der Waals surface area contributed by atoms with Crippen LogP contribution in [0, 0.1) is 0 Å². The third-order valence-corrected chi connectivity index (χ3v) is 12.9. The van der Waals surface area contributed by atoms with Crippen LogP contribution < -0.4 is 15.0 Å². The molecule has 0 saturated carbocycles. The number of sulfonamides is 1. The zero-order valence-electron chi connectivity index (χ0n) is 31.4. The molecule has 3 aliphatic rings. The minimum Gasteiger partial charge on any atom is -0.497 e. The number of unbranched alkanes of at least 4 members (excludes halogenated alkanes) is 1. The molecular weight excluding hydrogens is 749 g/mol. The molecule has 8 rings (SSSR count). The van der Waals surface area contributed by atoms with Gasteiger partial charge in [-0.3, -0.25) is 39.1 Å². The maximum Gasteiger partial charge on any atom is 0.262 e. The number of hydrogen-bond donors (Lipinski definition) is 1. The number of aromatic nitrogens is 4. The number of hydrogen-bond acceptors (Lipinski definition) is 11. The van der Waals surface area contributed by atoms with Crippen molar-refractivity contribution in [3.05, 3.63) is 102 Å². The van der Waals surface area contributed by atoms with Crippen LogP contribution in [0.4, 0.5) is 5.69 Å². The Morgan fingerprint density at radius 3 is 2.39 bits per heavy atom. The van der Waals surface area contributed by atoms with Crippen LogP contribution in [0.1, 0.15) is 70.8 Å². The molecule has 2 aromatic heterocycles. The summed E-state index contributed by atoms with van der Waals surface area (Å²) in [6.45, 7) is 1.73. The Hall–Kier alpha value is -6.00. The van der Waals surface area contributed by atoms with Gasteiger partial charge in [0.2, 0.25) is 21.8 Å². The number of para-hydroxylation sites is 2. The quantitative estimate of drug-likeness (QED) is 0.133. The predicted molar refractivity (Wildman–Crippen MR) is 211 cm³/mol. The lowest BCUT2D eigenvalue weighted by atomic mass is 10.0. The topological polar surface area (TPSA) is 177 Å². The van der Waals surface area contributed by atoms with E-state index in [1.54, 1.807) is 42.0 Å². The molecule has 0 radical (unpaired) electrons. The number of benzene rings is 3. The van der Waals surface area contributed by atoms with Gasteiger partial charge in [-0.25, -0.2) is 17.7 Å². The van der Waals surface area contributed by atoms with Gasteiger partial charge in [-0.15, -0.1) is 0 Å². The van der Waals surface area contributed by atoms with Crippen molar-refractivity contribution in [2.24, 2.45) is 0 Å². The van der Waals surface area contributed by atoms with Crippen molar-refractivity contribution < 1.29 is 32.3 Å². The van der Waals surface area contributed by atoms with Crippen LogP contribution >= 0.6 is 0 Å². The zero-order valence-corrected chi connectivity index (χ0v) is 32.2. The first-order valence-electron chi connectivity index (χ1n) is 19.1. The summed E-state index contributed by atoms with van der Waals surface area (Å²) in [5.41, 5.74) is 5.25. The molecule has 4 amide bonds. The lowest BCUT2D eigenvalue weighted by Crippen LogP contribution is -2.54. The molecule has 0 spiro atoms. The van der Waals surface area contributed by atoms with E-state index in [1.165, 1.54) is 0 Å². The van der Waals surface area contributed by atoms with Crippen molar-refractivity contribution in [2.45, 2.75) is 57.2 Å². The maximum atomic E-state index is 13.6. The van der Waals surface area contributed by atoms with E-state index in [9.17, 15) is 27.6 Å². The van der Waals surface area contributed by atoms with E-state index in [4.69, 9.17) is 9.72 Å². The van der Waals surface area contributed by atoms with Crippen LogP contribution in [0.2, 0.25) is 0 Å². The van der Waals surface area contributed by atoms with Gasteiger partial charge in [0.1, 0.15) is 11.8 Å². The highest BCUT2D eigenvalue weighted by atomic mass is 32.2. The molecular formula is C41H42N8O7S. The fourth-order valence-corrected chi connectivity index (χ4v) is 9.37. The highest BCUT2D eigenvalue weighted by Crippen LogP contribution is 2.32. The molecule has 1 unspecified atom stereocenters. The van der Waals surface area contributed by atoms with Crippen molar-refractivity contribution in [2.75, 3.05) is 37.4 Å². The largest absolute Gasteiger partial charge is 0.497 e. The van der Waals surface area contributed by atoms with Gasteiger partial charge in [0, 0.05) is 50.0 Å². The van der Waals surface area contributed by atoms with Gasteiger partial charge in [-0.2, -0.15) is 5.10 Å². The Balaban J connectivity index is 0.896. The fourth-order valence-electron chi connectivity index (χ4n) is 7.77. The second-order valence-electron chi connectivity index (χ2n) is 14.6. The van der Waals surface area contributed by atoms with Crippen LogP contribution in [0.25, 0.3) is 22.3 Å². The molecule has 15 nitrogen and oxygen atoms in total. The number of nitrogens with one attached hydrogen (secondary N) is 1. The molecule has 294 valence electrons. The van der Waals surface area contributed by atoms with Gasteiger partial charge < -0.3 is 9.64 Å². The van der Waals surface area contributed by atoms with Crippen molar-refractivity contribution >= 4 is 50.4 Å². The normalized spacial score (nSPS) is 17.9. The van der Waals surface area contributed by atoms with Gasteiger partial charge >= 0.3 is 0 Å². The van der Waals surface area contributed by atoms with Crippen molar-refractivity contribution in [1.29, 1.82) is 0 Å². The van der Waals surface area contributed by atoms with Crippen LogP contribution in [0.5, 0.6) is 5.75 Å². The van der Waals surface area contributed by atoms with E-state index in [0.29, 0.717) is 63.3 Å². The standard InChI is InChI=1S/C41H42N8O7S/c1-56-31-11-8-27(9-12-31)25-46(30-10-13-32-33(22-30)41(53)49(40(32)52)37-14-15-38(50)45-39(37)51)18-4-5-21-57(54,55)47-19-16-29(17-20-47)48-26-28(23-43-48)36-24-42-34-6-2-3-7-35(34)44-36/h2-3,6-13,22-24,26,29,37H,4-5,14-21,25H2,1H3,(H,45,50,51). The summed E-state index contributed by atoms with van der Waals surface area (Å²) in [6.07, 6.45) is 7.82. The summed E-state index contributed by atoms with van der Waals surface area (Å²) in [5, 5.41) is 6.81. The second-order valence-corrected chi connectivity index (χ2v) is 16.6. The van der Waals surface area contributed by atoms with Crippen molar-refractivity contribution in [3.8, 4) is 17.0 Å². The number of imide groups is 2. The number of ether oxygens (including phenoxy) is 1. The Labute approximate surface area is 329 Å². The summed E-state index contributed by atoms with van der Waals surface area (Å²) in [6, 6.07) is 19.3. The molecule has 3 aliphatic heterocycles. The van der Waals surface area contributed by atoms with E-state index in [1.807, 2.05) is 59.4 Å². The molecule has 1 N–H and O–H groups in total. The molecule has 2 fully saturated rings. The number of carbonyl (C=O) groups is 4. The Bertz CT molecular complexity index is 2460. The van der Waals surface area contributed by atoms with E-state index in [2.05, 4.69) is 20.3 Å². The van der Waals surface area contributed by atoms with Crippen LogP contribution in [0.3, 0.4) is 0 Å². The van der Waals surface area contributed by atoms with Crippen LogP contribution in [0.15, 0.2) is 85.3 Å². The summed E-state index contributed by atoms with van der Waals surface area (Å²) < 4.78 is 35.9. The monoisotopic (exact) mass is 790 g/mol. The fraction of sp³-hybridized carbons (Fsp3) is 0.341. The van der Waals surface area contributed by atoms with Gasteiger partial charge in [0.15, 0.2) is 0 Å². The lowest BCUT2D eigenvalue weighted by Gasteiger charge is -2.31. The number of fused-ring (bicyclic) bond motifs is 2. The Morgan fingerprint density at radius 2 is 1.63 bits per heavy atom. The molecule has 0 bridgehead atoms. The van der Waals surface area contributed by atoms with Crippen molar-refractivity contribution in [3.63, 3.8) is 0 Å². The highest BCUT2D eigenvalue weighted by molar-refractivity contribution is 7.89. The first kappa shape index (κ1) is 37.9. The van der Waals surface area contributed by atoms with E-state index in [0.717, 1.165) is 32.8 Å². The Kier molecular flexibility index (Phi) is 10.5. The summed E-state index contributed by atoms with van der Waals surface area (Å²) >= 11 is 0. The molecule has 0 aliphatic carbocycles. The summed E-state index contributed by atoms with van der Waals surface area (Å²) in [5.74, 6) is -1.55. The average Bonchev–Trinajstić information content (AvgIpc) is 3.82. The SMILES string of the molecule is COc1ccc(CN(CCCCS(=O)(=O)N2CCC(n3cc(-c4cnc5ccccc5n4)cn3)CC2)c2ccc3c(c2)C(=O)N(C2CCC(=O)NC2=O)C3=O)cc1. The third kappa shape index (κ3) is 7.87. The number of piperidine rings is 2. The van der Waals surface area contributed by atoms with Crippen molar-refractivity contribution in [1.82, 2.24) is 34.3 Å². The molecule has 1 atom stereocenters. The minimum absolute atomic E-state index is 0.00131. The molecule has 3 aromatic carbocycles. The summed E-state index contributed by atoms with van der Waals surface area (Å²) in [4.78, 5) is 63.4. The molecule has 16 heteroatoms. The molecule has 5 heterocycles. The van der Waals surface area contributed by atoms with Crippen LogP contribution in [-0.4, -0.2) is 99.5 Å². The van der Waals surface area contributed by atoms with Crippen LogP contribution in [-0.2, 0) is 26.2 Å². The minimum atomic E-state index is -3.51. The predicted octanol–water partition coefficient (Wildman–Crippen LogP) is 4.36. The number of anilines is 1. The average molecular weight is 791 g/mol. The number of carbonyl (C=O) groups excluding carboxylic acids is 4. The van der Waals surface area contributed by atoms with Gasteiger partial charge in [0.05, 0.1) is 59.2 Å². The zero-order chi connectivity index (χ0) is 39.7. The molecule has 2 saturated heterocycles. The van der Waals surface area contributed by atoms with E-state index < -0.39 is 39.7 Å². The lowest BCUT2D eigenvalue weighted by molar-refractivity contribution is -0.136. The smallest absolute Gasteiger partial charge is 0.262 e. The maximum absolute atomic E-state index is 13.6. The van der Waals surface area contributed by atoms with E-state index in [-0.39, 0.29) is 35.8 Å². The number of rotatable bonds is 13. The molecule has 5 aromatic rings. The van der Waals surface area contributed by atoms with Gasteiger partial charge in [-0.05, 0) is 80.1 Å². The highest BCUT2D eigenvalue weighted by Gasteiger charge is 2.44. The second kappa shape index (κ2) is 15.9. The van der Waals surface area contributed by atoms with Gasteiger partial charge in [0.25, 0.3) is 11.8 Å². The van der Waals surface area contributed by atoms with Gasteiger partial charge in [-0.1, -0.05) is 24.3 Å². The van der Waals surface area contributed by atoms with E-state index >= 15 is 0 Å². The first-order valence-corrected chi connectivity index (χ1v) is 20.7. The number of nitrogens with zero attached hydrogens (tertiary/aromatic N) is 7. The summed E-state index contributed by atoms with van der Waals surface area (Å²) in [7, 11) is -1.92. The number of amides is 4. The Morgan fingerprint density at radius 1 is 0.877 bits per heavy atom. The molecule has 57 heavy (non-hydrogen) atoms.